The van der Waals surface area contributed by atoms with Crippen LogP contribution in [0.2, 0.25) is 0 Å². The Bertz CT molecular complexity index is 912. The molecule has 9 heteroatoms. The van der Waals surface area contributed by atoms with Crippen LogP contribution in [-0.2, 0) is 16.0 Å². The highest BCUT2D eigenvalue weighted by atomic mass is 32.2. The highest BCUT2D eigenvalue weighted by Gasteiger charge is 2.28. The van der Waals surface area contributed by atoms with E-state index in [-0.39, 0.29) is 18.4 Å². The summed E-state index contributed by atoms with van der Waals surface area (Å²) in [5.41, 5.74) is 2.65. The Hall–Kier alpha value is -3.04. The second-order valence-corrected chi connectivity index (χ2v) is 9.50. The number of nitrogens with zero attached hydrogens (tertiary/aromatic N) is 1. The third-order valence-electron chi connectivity index (χ3n) is 5.13. The van der Waals surface area contributed by atoms with Crippen molar-refractivity contribution in [2.75, 3.05) is 25.9 Å². The van der Waals surface area contributed by atoms with Crippen molar-refractivity contribution in [2.45, 2.75) is 31.2 Å². The summed E-state index contributed by atoms with van der Waals surface area (Å²) in [6.07, 6.45) is 0.339. The van der Waals surface area contributed by atoms with E-state index in [9.17, 15) is 19.6 Å². The van der Waals surface area contributed by atoms with E-state index >= 15 is 0 Å². The molecule has 0 aliphatic heterocycles. The molecule has 0 saturated heterocycles. The number of urea groups is 1. The first-order chi connectivity index (χ1) is 16.3. The molecular weight excluding hydrogens is 452 g/mol. The van der Waals surface area contributed by atoms with Gasteiger partial charge < -0.3 is 15.5 Å². The fourth-order valence-electron chi connectivity index (χ4n) is 3.44. The number of carbonyl (C=O) groups is 3. The number of thioether (sulfide) groups is 1. The Morgan fingerprint density at radius 1 is 0.941 bits per heavy atom. The number of carbonyl (C=O) groups excluding carboxylic acids is 3. The lowest BCUT2D eigenvalue weighted by Gasteiger charge is -2.30. The smallest absolute Gasteiger partial charge is 0.318 e. The van der Waals surface area contributed by atoms with Gasteiger partial charge in [-0.1, -0.05) is 62.4 Å². The average Bonchev–Trinajstić information content (AvgIpc) is 2.85. The first-order valence-electron chi connectivity index (χ1n) is 11.3. The molecule has 4 N–H and O–H groups in total. The van der Waals surface area contributed by atoms with Gasteiger partial charge in [0.15, 0.2) is 0 Å². The van der Waals surface area contributed by atoms with E-state index in [1.165, 1.54) is 23.7 Å². The standard InChI is InChI=1S/C25H34N4O4S/c1-18(2)15-29(16-20(23(30)28-33)17-34-21-12-8-5-9-13-21)25(32)27-22(24(31)26-3)14-19-10-6-4-7-11-19/h4-13,18,20,22,33H,14-17H2,1-3H3,(H,26,31)(H,27,32)(H,28,30)/t20-,22+/m1/s1. The van der Waals surface area contributed by atoms with Crippen LogP contribution in [0.3, 0.4) is 0 Å². The highest BCUT2D eigenvalue weighted by Crippen LogP contribution is 2.21. The van der Waals surface area contributed by atoms with Gasteiger partial charge in [0.1, 0.15) is 6.04 Å². The number of hydroxylamine groups is 1. The second kappa shape index (κ2) is 14.3. The summed E-state index contributed by atoms with van der Waals surface area (Å²) < 4.78 is 0. The van der Waals surface area contributed by atoms with Crippen molar-refractivity contribution in [3.8, 4) is 0 Å². The van der Waals surface area contributed by atoms with Crippen LogP contribution in [-0.4, -0.2) is 59.9 Å². The zero-order valence-corrected chi connectivity index (χ0v) is 20.7. The molecule has 184 valence electrons. The van der Waals surface area contributed by atoms with E-state index in [1.807, 2.05) is 74.5 Å². The lowest BCUT2D eigenvalue weighted by molar-refractivity contribution is -0.133. The number of likely N-dealkylation sites (N-methyl/N-ethyl adjacent to an activating group) is 1. The fourth-order valence-corrected chi connectivity index (χ4v) is 4.44. The normalized spacial score (nSPS) is 12.5. The summed E-state index contributed by atoms with van der Waals surface area (Å²) in [6, 6.07) is 17.9. The van der Waals surface area contributed by atoms with Gasteiger partial charge in [0.2, 0.25) is 11.8 Å². The molecule has 0 aromatic heterocycles. The van der Waals surface area contributed by atoms with Crippen molar-refractivity contribution >= 4 is 29.6 Å². The predicted octanol–water partition coefficient (Wildman–Crippen LogP) is 2.93. The molecule has 2 atom stereocenters. The second-order valence-electron chi connectivity index (χ2n) is 8.40. The Morgan fingerprint density at radius 2 is 1.56 bits per heavy atom. The number of benzene rings is 2. The summed E-state index contributed by atoms with van der Waals surface area (Å²) in [7, 11) is 1.53. The molecule has 0 aliphatic carbocycles. The number of hydrogen-bond donors (Lipinski definition) is 4. The molecule has 0 unspecified atom stereocenters. The van der Waals surface area contributed by atoms with Gasteiger partial charge in [-0.3, -0.25) is 14.8 Å². The first kappa shape index (κ1) is 27.2. The van der Waals surface area contributed by atoms with Gasteiger partial charge in [-0.15, -0.1) is 11.8 Å². The largest absolute Gasteiger partial charge is 0.357 e. The van der Waals surface area contributed by atoms with Gasteiger partial charge in [0.25, 0.3) is 0 Å². The third-order valence-corrected chi connectivity index (χ3v) is 6.31. The van der Waals surface area contributed by atoms with Crippen molar-refractivity contribution in [2.24, 2.45) is 11.8 Å². The van der Waals surface area contributed by atoms with Crippen molar-refractivity contribution in [3.05, 3.63) is 66.2 Å². The predicted molar refractivity (Wildman–Crippen MR) is 134 cm³/mol. The average molecular weight is 487 g/mol. The summed E-state index contributed by atoms with van der Waals surface area (Å²) in [5.74, 6) is -0.991. The van der Waals surface area contributed by atoms with E-state index in [2.05, 4.69) is 10.6 Å². The van der Waals surface area contributed by atoms with Crippen LogP contribution in [0.4, 0.5) is 4.79 Å². The van der Waals surface area contributed by atoms with E-state index in [4.69, 9.17) is 0 Å². The van der Waals surface area contributed by atoms with Crippen molar-refractivity contribution in [3.63, 3.8) is 0 Å². The number of nitrogens with one attached hydrogen (secondary N) is 3. The SMILES string of the molecule is CNC(=O)[C@H](Cc1ccccc1)NC(=O)N(CC(C)C)C[C@H](CSc1ccccc1)C(=O)NO. The van der Waals surface area contributed by atoms with Crippen LogP contribution in [0.5, 0.6) is 0 Å². The number of hydrogen-bond acceptors (Lipinski definition) is 5. The molecule has 2 rings (SSSR count). The fraction of sp³-hybridized carbons (Fsp3) is 0.400. The Kier molecular flexibility index (Phi) is 11.4. The molecule has 0 bridgehead atoms. The molecule has 0 heterocycles. The minimum absolute atomic E-state index is 0.0992. The van der Waals surface area contributed by atoms with Gasteiger partial charge in [0, 0.05) is 37.2 Å². The third kappa shape index (κ3) is 9.07. The van der Waals surface area contributed by atoms with E-state index in [1.54, 1.807) is 5.48 Å². The van der Waals surface area contributed by atoms with Crippen LogP contribution >= 0.6 is 11.8 Å². The van der Waals surface area contributed by atoms with Crippen LogP contribution in [0, 0.1) is 11.8 Å². The molecule has 0 radical (unpaired) electrons. The van der Waals surface area contributed by atoms with E-state index in [0.29, 0.717) is 18.7 Å². The van der Waals surface area contributed by atoms with Crippen LogP contribution in [0.15, 0.2) is 65.6 Å². The number of rotatable bonds is 12. The molecule has 34 heavy (non-hydrogen) atoms. The summed E-state index contributed by atoms with van der Waals surface area (Å²) in [6.45, 7) is 4.44. The minimum atomic E-state index is -0.765. The maximum Gasteiger partial charge on any atom is 0.318 e. The highest BCUT2D eigenvalue weighted by molar-refractivity contribution is 7.99. The maximum absolute atomic E-state index is 13.3. The molecular formula is C25H34N4O4S. The summed E-state index contributed by atoms with van der Waals surface area (Å²) in [5, 5.41) is 14.7. The van der Waals surface area contributed by atoms with Gasteiger partial charge in [-0.05, 0) is 23.6 Å². The Morgan fingerprint density at radius 3 is 2.12 bits per heavy atom. The quantitative estimate of drug-likeness (QED) is 0.209. The van der Waals surface area contributed by atoms with Gasteiger partial charge in [-0.25, -0.2) is 10.3 Å². The first-order valence-corrected chi connectivity index (χ1v) is 12.2. The summed E-state index contributed by atoms with van der Waals surface area (Å²) >= 11 is 1.47. The van der Waals surface area contributed by atoms with E-state index < -0.39 is 23.9 Å². The Balaban J connectivity index is 2.15. The molecule has 0 saturated carbocycles. The molecule has 8 nitrogen and oxygen atoms in total. The zero-order valence-electron chi connectivity index (χ0n) is 19.9. The zero-order chi connectivity index (χ0) is 24.9. The minimum Gasteiger partial charge on any atom is -0.357 e. The molecule has 2 aromatic carbocycles. The molecule has 0 fully saturated rings. The van der Waals surface area contributed by atoms with Gasteiger partial charge in [-0.2, -0.15) is 0 Å². The van der Waals surface area contributed by atoms with Crippen molar-refractivity contribution in [1.82, 2.24) is 21.0 Å². The topological polar surface area (TPSA) is 111 Å². The Labute approximate surface area is 205 Å². The van der Waals surface area contributed by atoms with Crippen LogP contribution in [0.25, 0.3) is 0 Å². The lowest BCUT2D eigenvalue weighted by Crippen LogP contribution is -2.54. The molecule has 2 aromatic rings. The monoisotopic (exact) mass is 486 g/mol. The number of amides is 4. The van der Waals surface area contributed by atoms with Crippen molar-refractivity contribution in [1.29, 1.82) is 0 Å². The van der Waals surface area contributed by atoms with Crippen LogP contribution < -0.4 is 16.1 Å². The molecule has 0 spiro atoms. The molecule has 0 aliphatic rings. The van der Waals surface area contributed by atoms with E-state index in [0.717, 1.165) is 10.5 Å². The lowest BCUT2D eigenvalue weighted by atomic mass is 10.1. The van der Waals surface area contributed by atoms with Crippen molar-refractivity contribution < 1.29 is 19.6 Å². The van der Waals surface area contributed by atoms with Crippen LogP contribution in [0.1, 0.15) is 19.4 Å². The van der Waals surface area contributed by atoms with Gasteiger partial charge in [0.05, 0.1) is 5.92 Å². The summed E-state index contributed by atoms with van der Waals surface area (Å²) in [4.78, 5) is 40.7. The molecule has 4 amide bonds. The van der Waals surface area contributed by atoms with Gasteiger partial charge >= 0.3 is 6.03 Å². The maximum atomic E-state index is 13.3.